The van der Waals surface area contributed by atoms with Crippen LogP contribution in [0.4, 0.5) is 5.82 Å². The summed E-state index contributed by atoms with van der Waals surface area (Å²) in [4.78, 5) is 22.8. The number of nitrogens with one attached hydrogen (secondary N) is 1. The van der Waals surface area contributed by atoms with Gasteiger partial charge in [0.15, 0.2) is 0 Å². The molecule has 1 aliphatic carbocycles. The van der Waals surface area contributed by atoms with E-state index in [0.29, 0.717) is 18.8 Å². The van der Waals surface area contributed by atoms with Crippen LogP contribution < -0.4 is 10.2 Å². The van der Waals surface area contributed by atoms with Crippen LogP contribution in [0.15, 0.2) is 11.4 Å². The fourth-order valence-electron chi connectivity index (χ4n) is 4.22. The maximum absolute atomic E-state index is 12.3. The number of hydrogen-bond donors (Lipinski definition) is 1. The van der Waals surface area contributed by atoms with Gasteiger partial charge in [-0.3, -0.25) is 4.79 Å². The van der Waals surface area contributed by atoms with Crippen molar-refractivity contribution in [1.29, 1.82) is 0 Å². The zero-order valence-corrected chi connectivity index (χ0v) is 13.9. The molecule has 7 nitrogen and oxygen atoms in total. The molecule has 0 bridgehead atoms. The Morgan fingerprint density at radius 2 is 2.09 bits per heavy atom. The first-order chi connectivity index (χ1) is 10.9. The summed E-state index contributed by atoms with van der Waals surface area (Å²) in [5.41, 5.74) is 0.811. The van der Waals surface area contributed by atoms with Gasteiger partial charge in [0.1, 0.15) is 11.9 Å². The minimum absolute atomic E-state index is 0.0210. The zero-order chi connectivity index (χ0) is 16.2. The summed E-state index contributed by atoms with van der Waals surface area (Å²) >= 11 is 0. The second kappa shape index (κ2) is 4.90. The van der Waals surface area contributed by atoms with Crippen LogP contribution in [0.25, 0.3) is 0 Å². The highest BCUT2D eigenvalue weighted by atomic mass is 32.2. The molecule has 1 unspecified atom stereocenters. The average molecular weight is 336 g/mol. The van der Waals surface area contributed by atoms with Crippen LogP contribution in [0.2, 0.25) is 0 Å². The quantitative estimate of drug-likeness (QED) is 0.748. The topological polar surface area (TPSA) is 92.3 Å². The van der Waals surface area contributed by atoms with Crippen molar-refractivity contribution in [3.8, 4) is 0 Å². The molecular weight excluding hydrogens is 316 g/mol. The van der Waals surface area contributed by atoms with Gasteiger partial charge < -0.3 is 10.2 Å². The molecule has 1 N–H and O–H groups in total. The number of sulfone groups is 1. The highest BCUT2D eigenvalue weighted by Crippen LogP contribution is 2.44. The minimum Gasteiger partial charge on any atom is -0.352 e. The molecule has 1 atom stereocenters. The summed E-state index contributed by atoms with van der Waals surface area (Å²) in [6, 6.07) is -0.253. The van der Waals surface area contributed by atoms with Gasteiger partial charge in [-0.1, -0.05) is 12.8 Å². The maximum Gasteiger partial charge on any atom is 0.248 e. The lowest BCUT2D eigenvalue weighted by atomic mass is 9.85. The SMILES string of the molecule is CS(=O)(=O)c1ncc2c(n1)N1C(CC2)C(=O)NCC12CCCC2. The summed E-state index contributed by atoms with van der Waals surface area (Å²) in [5.74, 6) is 0.668. The number of rotatable bonds is 1. The number of piperazine rings is 1. The summed E-state index contributed by atoms with van der Waals surface area (Å²) in [7, 11) is -3.47. The van der Waals surface area contributed by atoms with Crippen molar-refractivity contribution < 1.29 is 13.2 Å². The standard InChI is InChI=1S/C15H20N4O3S/c1-23(21,22)14-16-8-10-4-5-11-13(20)17-9-15(6-2-3-7-15)19(11)12(10)18-14/h8,11H,2-7,9H2,1H3,(H,17,20). The lowest BCUT2D eigenvalue weighted by Crippen LogP contribution is -2.68. The fourth-order valence-corrected chi connectivity index (χ4v) is 4.72. The van der Waals surface area contributed by atoms with Crippen LogP contribution in [0.3, 0.4) is 0 Å². The van der Waals surface area contributed by atoms with E-state index in [0.717, 1.165) is 43.9 Å². The van der Waals surface area contributed by atoms with Gasteiger partial charge >= 0.3 is 0 Å². The third-order valence-electron chi connectivity index (χ3n) is 5.32. The molecule has 1 aromatic rings. The highest BCUT2D eigenvalue weighted by Gasteiger charge is 2.51. The van der Waals surface area contributed by atoms with Gasteiger partial charge in [-0.05, 0) is 25.7 Å². The van der Waals surface area contributed by atoms with E-state index in [4.69, 9.17) is 0 Å². The van der Waals surface area contributed by atoms with E-state index in [1.807, 2.05) is 0 Å². The largest absolute Gasteiger partial charge is 0.352 e. The number of aromatic nitrogens is 2. The van der Waals surface area contributed by atoms with Crippen molar-refractivity contribution in [2.45, 2.75) is 55.3 Å². The summed E-state index contributed by atoms with van der Waals surface area (Å²) in [6.45, 7) is 0.611. The van der Waals surface area contributed by atoms with Crippen molar-refractivity contribution in [3.63, 3.8) is 0 Å². The Bertz CT molecular complexity index is 771. The number of carbonyl (C=O) groups excluding carboxylic acids is 1. The molecule has 8 heteroatoms. The number of fused-ring (bicyclic) bond motifs is 4. The van der Waals surface area contributed by atoms with E-state index in [1.54, 1.807) is 6.20 Å². The molecule has 2 fully saturated rings. The number of hydrogen-bond acceptors (Lipinski definition) is 6. The second-order valence-electron chi connectivity index (χ2n) is 6.85. The molecule has 1 spiro atoms. The molecular formula is C15H20N4O3S. The number of nitrogens with zero attached hydrogens (tertiary/aromatic N) is 3. The maximum atomic E-state index is 12.3. The monoisotopic (exact) mass is 336 g/mol. The van der Waals surface area contributed by atoms with Gasteiger partial charge in [-0.25, -0.2) is 18.4 Å². The molecule has 124 valence electrons. The van der Waals surface area contributed by atoms with Gasteiger partial charge in [0, 0.05) is 24.6 Å². The first-order valence-electron chi connectivity index (χ1n) is 8.04. The predicted molar refractivity (Wildman–Crippen MR) is 83.9 cm³/mol. The van der Waals surface area contributed by atoms with Crippen molar-refractivity contribution in [1.82, 2.24) is 15.3 Å². The third kappa shape index (κ3) is 2.22. The molecule has 4 rings (SSSR count). The predicted octanol–water partition coefficient (Wildman–Crippen LogP) is 0.444. The molecule has 1 amide bonds. The Hall–Kier alpha value is -1.70. The first-order valence-corrected chi connectivity index (χ1v) is 9.93. The van der Waals surface area contributed by atoms with Crippen LogP contribution in [0.1, 0.15) is 37.7 Å². The number of aryl methyl sites for hydroxylation is 1. The lowest BCUT2D eigenvalue weighted by molar-refractivity contribution is -0.125. The van der Waals surface area contributed by atoms with E-state index in [2.05, 4.69) is 20.2 Å². The Kier molecular flexibility index (Phi) is 3.16. The number of carbonyl (C=O) groups is 1. The van der Waals surface area contributed by atoms with Gasteiger partial charge in [-0.15, -0.1) is 0 Å². The normalized spacial score (nSPS) is 25.9. The molecule has 3 heterocycles. The molecule has 0 aromatic carbocycles. The highest BCUT2D eigenvalue weighted by molar-refractivity contribution is 7.90. The van der Waals surface area contributed by atoms with Crippen molar-refractivity contribution in [2.24, 2.45) is 0 Å². The van der Waals surface area contributed by atoms with E-state index >= 15 is 0 Å². The average Bonchev–Trinajstić information content (AvgIpc) is 2.98. The summed E-state index contributed by atoms with van der Waals surface area (Å²) < 4.78 is 23.7. The van der Waals surface area contributed by atoms with Crippen molar-refractivity contribution in [3.05, 3.63) is 11.8 Å². The molecule has 1 saturated heterocycles. The van der Waals surface area contributed by atoms with E-state index in [1.165, 1.54) is 0 Å². The van der Waals surface area contributed by atoms with Gasteiger partial charge in [0.05, 0.1) is 5.54 Å². The Balaban J connectivity index is 1.88. The Morgan fingerprint density at radius 1 is 1.35 bits per heavy atom. The lowest BCUT2D eigenvalue weighted by Gasteiger charge is -2.52. The Morgan fingerprint density at radius 3 is 2.78 bits per heavy atom. The van der Waals surface area contributed by atoms with Crippen molar-refractivity contribution in [2.75, 3.05) is 17.7 Å². The van der Waals surface area contributed by atoms with Crippen LogP contribution in [-0.4, -0.2) is 48.7 Å². The molecule has 2 aliphatic heterocycles. The van der Waals surface area contributed by atoms with Gasteiger partial charge in [0.25, 0.3) is 0 Å². The first kappa shape index (κ1) is 14.9. The van der Waals surface area contributed by atoms with Crippen molar-refractivity contribution >= 4 is 21.6 Å². The molecule has 1 aromatic heterocycles. The molecule has 23 heavy (non-hydrogen) atoms. The second-order valence-corrected chi connectivity index (χ2v) is 8.76. The van der Waals surface area contributed by atoms with Gasteiger partial charge in [-0.2, -0.15) is 0 Å². The minimum atomic E-state index is -3.47. The summed E-state index contributed by atoms with van der Waals surface area (Å²) in [5, 5.41) is 2.89. The van der Waals surface area contributed by atoms with Crippen LogP contribution >= 0.6 is 0 Å². The van der Waals surface area contributed by atoms with Crippen LogP contribution in [-0.2, 0) is 21.1 Å². The van der Waals surface area contributed by atoms with E-state index < -0.39 is 9.84 Å². The van der Waals surface area contributed by atoms with Crippen LogP contribution in [0, 0.1) is 0 Å². The summed E-state index contributed by atoms with van der Waals surface area (Å²) in [6.07, 6.45) is 8.40. The number of anilines is 1. The van der Waals surface area contributed by atoms with Crippen LogP contribution in [0.5, 0.6) is 0 Å². The molecule has 3 aliphatic rings. The third-order valence-corrected chi connectivity index (χ3v) is 6.18. The van der Waals surface area contributed by atoms with E-state index in [-0.39, 0.29) is 22.6 Å². The fraction of sp³-hybridized carbons (Fsp3) is 0.667. The Labute approximate surface area is 135 Å². The smallest absolute Gasteiger partial charge is 0.248 e. The van der Waals surface area contributed by atoms with E-state index in [9.17, 15) is 13.2 Å². The van der Waals surface area contributed by atoms with Gasteiger partial charge in [0.2, 0.25) is 20.9 Å². The zero-order valence-electron chi connectivity index (χ0n) is 13.1. The number of amides is 1. The molecule has 0 radical (unpaired) electrons. The molecule has 1 saturated carbocycles.